The first-order chi connectivity index (χ1) is 9.61. The maximum atomic E-state index is 12.7. The summed E-state index contributed by atoms with van der Waals surface area (Å²) in [4.78, 5) is 1.38. The second-order valence-electron chi connectivity index (χ2n) is 5.37. The molecule has 1 aromatic rings. The zero-order chi connectivity index (χ0) is 14.2. The van der Waals surface area contributed by atoms with Crippen molar-refractivity contribution in [1.82, 2.24) is 9.62 Å². The number of nitrogens with one attached hydrogen (secondary N) is 1. The molecule has 2 heterocycles. The third-order valence-electron chi connectivity index (χ3n) is 3.89. The molecule has 5 nitrogen and oxygen atoms in total. The number of hydrogen-bond donors (Lipinski definition) is 1. The summed E-state index contributed by atoms with van der Waals surface area (Å²) in [6.45, 7) is 1.66. The summed E-state index contributed by atoms with van der Waals surface area (Å²) >= 11 is 1.51. The molecule has 1 atom stereocenters. The van der Waals surface area contributed by atoms with Gasteiger partial charge in [0.1, 0.15) is 0 Å². The second-order valence-corrected chi connectivity index (χ2v) is 8.28. The van der Waals surface area contributed by atoms with E-state index in [4.69, 9.17) is 4.74 Å². The van der Waals surface area contributed by atoms with Crippen molar-refractivity contribution in [1.29, 1.82) is 0 Å². The molecule has 0 radical (unpaired) electrons. The molecule has 1 unspecified atom stereocenters. The highest BCUT2D eigenvalue weighted by molar-refractivity contribution is 7.89. The van der Waals surface area contributed by atoms with Gasteiger partial charge in [-0.3, -0.25) is 0 Å². The smallest absolute Gasteiger partial charge is 0.244 e. The standard InChI is InChI=1S/C13H20N2O3S2/c1-18-11-4-6-15(9-11)20(16,17)13-5-7-19-12(13)8-14-10-2-3-10/h5,7,10-11,14H,2-4,6,8-9H2,1H3. The molecule has 1 saturated carbocycles. The van der Waals surface area contributed by atoms with Gasteiger partial charge in [-0.25, -0.2) is 8.42 Å². The molecule has 1 aliphatic carbocycles. The minimum atomic E-state index is -3.37. The number of ether oxygens (including phenoxy) is 1. The van der Waals surface area contributed by atoms with Crippen LogP contribution in [0.25, 0.3) is 0 Å². The van der Waals surface area contributed by atoms with E-state index in [1.807, 2.05) is 5.38 Å². The first-order valence-corrected chi connectivity index (χ1v) is 9.26. The molecule has 2 aliphatic rings. The summed E-state index contributed by atoms with van der Waals surface area (Å²) in [6.07, 6.45) is 3.20. The monoisotopic (exact) mass is 316 g/mol. The van der Waals surface area contributed by atoms with E-state index < -0.39 is 10.0 Å². The van der Waals surface area contributed by atoms with Crippen LogP contribution < -0.4 is 5.32 Å². The number of rotatable bonds is 6. The maximum Gasteiger partial charge on any atom is 0.244 e. The van der Waals surface area contributed by atoms with Crippen LogP contribution in [0.2, 0.25) is 0 Å². The average Bonchev–Trinajstić information content (AvgIpc) is 2.96. The van der Waals surface area contributed by atoms with Gasteiger partial charge < -0.3 is 10.1 Å². The fourth-order valence-electron chi connectivity index (χ4n) is 2.46. The molecular formula is C13H20N2O3S2. The Kier molecular flexibility index (Phi) is 4.14. The average molecular weight is 316 g/mol. The summed E-state index contributed by atoms with van der Waals surface area (Å²) in [6, 6.07) is 2.31. The minimum Gasteiger partial charge on any atom is -0.380 e. The van der Waals surface area contributed by atoms with Crippen LogP contribution in [-0.2, 0) is 21.3 Å². The molecule has 0 bridgehead atoms. The predicted octanol–water partition coefficient (Wildman–Crippen LogP) is 1.41. The number of hydrogen-bond acceptors (Lipinski definition) is 5. The molecule has 1 saturated heterocycles. The SMILES string of the molecule is COC1CCN(S(=O)(=O)c2ccsc2CNC2CC2)C1. The van der Waals surface area contributed by atoms with E-state index in [2.05, 4.69) is 5.32 Å². The van der Waals surface area contributed by atoms with Gasteiger partial charge in [-0.15, -0.1) is 11.3 Å². The molecule has 0 aromatic carbocycles. The van der Waals surface area contributed by atoms with Gasteiger partial charge >= 0.3 is 0 Å². The number of thiophene rings is 1. The van der Waals surface area contributed by atoms with Crippen LogP contribution in [0.3, 0.4) is 0 Å². The Morgan fingerprint density at radius 3 is 2.90 bits per heavy atom. The Labute approximate surface area is 124 Å². The number of sulfonamides is 1. The van der Waals surface area contributed by atoms with Gasteiger partial charge in [0, 0.05) is 37.7 Å². The van der Waals surface area contributed by atoms with E-state index >= 15 is 0 Å². The van der Waals surface area contributed by atoms with E-state index in [0.29, 0.717) is 30.6 Å². The lowest BCUT2D eigenvalue weighted by Crippen LogP contribution is -2.30. The van der Waals surface area contributed by atoms with E-state index in [0.717, 1.165) is 11.3 Å². The van der Waals surface area contributed by atoms with Gasteiger partial charge in [0.05, 0.1) is 11.0 Å². The van der Waals surface area contributed by atoms with Crippen molar-refractivity contribution in [2.75, 3.05) is 20.2 Å². The van der Waals surface area contributed by atoms with Gasteiger partial charge in [0.2, 0.25) is 10.0 Å². The Morgan fingerprint density at radius 1 is 1.45 bits per heavy atom. The number of nitrogens with zero attached hydrogens (tertiary/aromatic N) is 1. The zero-order valence-electron chi connectivity index (χ0n) is 11.5. The Balaban J connectivity index is 1.75. The van der Waals surface area contributed by atoms with Crippen molar-refractivity contribution in [3.05, 3.63) is 16.3 Å². The number of methoxy groups -OCH3 is 1. The maximum absolute atomic E-state index is 12.7. The topological polar surface area (TPSA) is 58.6 Å². The van der Waals surface area contributed by atoms with Crippen LogP contribution in [-0.4, -0.2) is 45.1 Å². The van der Waals surface area contributed by atoms with E-state index in [1.165, 1.54) is 24.2 Å². The van der Waals surface area contributed by atoms with Crippen molar-refractivity contribution in [2.24, 2.45) is 0 Å². The van der Waals surface area contributed by atoms with Crippen molar-refractivity contribution < 1.29 is 13.2 Å². The molecule has 0 amide bonds. The predicted molar refractivity (Wildman–Crippen MR) is 78.4 cm³/mol. The normalized spacial score (nSPS) is 24.4. The van der Waals surface area contributed by atoms with Gasteiger partial charge in [-0.05, 0) is 30.7 Å². The van der Waals surface area contributed by atoms with Crippen LogP contribution in [0.4, 0.5) is 0 Å². The van der Waals surface area contributed by atoms with Crippen LogP contribution in [0.5, 0.6) is 0 Å². The van der Waals surface area contributed by atoms with Gasteiger partial charge in [-0.1, -0.05) is 0 Å². The third kappa shape index (κ3) is 2.92. The largest absolute Gasteiger partial charge is 0.380 e. The summed E-state index contributed by atoms with van der Waals surface area (Å²) < 4.78 is 32.2. The lowest BCUT2D eigenvalue weighted by atomic mass is 10.3. The summed E-state index contributed by atoms with van der Waals surface area (Å²) in [5, 5.41) is 5.25. The summed E-state index contributed by atoms with van der Waals surface area (Å²) in [5.41, 5.74) is 0. The first-order valence-electron chi connectivity index (χ1n) is 6.94. The van der Waals surface area contributed by atoms with Gasteiger partial charge in [-0.2, -0.15) is 4.31 Å². The van der Waals surface area contributed by atoms with Gasteiger partial charge in [0.15, 0.2) is 0 Å². The van der Waals surface area contributed by atoms with Crippen LogP contribution in [0, 0.1) is 0 Å². The highest BCUT2D eigenvalue weighted by atomic mass is 32.2. The lowest BCUT2D eigenvalue weighted by Gasteiger charge is -2.16. The molecule has 3 rings (SSSR count). The molecule has 1 N–H and O–H groups in total. The highest BCUT2D eigenvalue weighted by Crippen LogP contribution is 2.29. The Morgan fingerprint density at radius 2 is 2.25 bits per heavy atom. The molecule has 1 aliphatic heterocycles. The van der Waals surface area contributed by atoms with E-state index in [9.17, 15) is 8.42 Å². The van der Waals surface area contributed by atoms with Crippen molar-refractivity contribution in [3.8, 4) is 0 Å². The van der Waals surface area contributed by atoms with Crippen molar-refractivity contribution >= 4 is 21.4 Å². The first kappa shape index (κ1) is 14.5. The van der Waals surface area contributed by atoms with E-state index in [1.54, 1.807) is 17.5 Å². The summed E-state index contributed by atoms with van der Waals surface area (Å²) in [5.74, 6) is 0. The lowest BCUT2D eigenvalue weighted by molar-refractivity contribution is 0.115. The Bertz CT molecular complexity index is 566. The second kappa shape index (κ2) is 5.73. The molecule has 1 aromatic heterocycles. The van der Waals surface area contributed by atoms with Crippen molar-refractivity contribution in [2.45, 2.75) is 42.8 Å². The van der Waals surface area contributed by atoms with Crippen LogP contribution >= 0.6 is 11.3 Å². The van der Waals surface area contributed by atoms with Gasteiger partial charge in [0.25, 0.3) is 0 Å². The van der Waals surface area contributed by atoms with Crippen molar-refractivity contribution in [3.63, 3.8) is 0 Å². The summed E-state index contributed by atoms with van der Waals surface area (Å²) in [7, 11) is -1.74. The van der Waals surface area contributed by atoms with Crippen LogP contribution in [0.15, 0.2) is 16.3 Å². The fourth-order valence-corrected chi connectivity index (χ4v) is 5.31. The molecule has 112 valence electrons. The zero-order valence-corrected chi connectivity index (χ0v) is 13.2. The molecule has 2 fully saturated rings. The quantitative estimate of drug-likeness (QED) is 0.862. The highest BCUT2D eigenvalue weighted by Gasteiger charge is 2.34. The fraction of sp³-hybridized carbons (Fsp3) is 0.692. The van der Waals surface area contributed by atoms with E-state index in [-0.39, 0.29) is 6.10 Å². The third-order valence-corrected chi connectivity index (χ3v) is 6.89. The molecule has 20 heavy (non-hydrogen) atoms. The molecular weight excluding hydrogens is 296 g/mol. The molecule has 7 heteroatoms. The minimum absolute atomic E-state index is 0.0245. The van der Waals surface area contributed by atoms with Crippen LogP contribution in [0.1, 0.15) is 24.1 Å². The molecule has 0 spiro atoms. The Hall–Kier alpha value is -0.470.